The molecular weight excluding hydrogens is 304 g/mol. The van der Waals surface area contributed by atoms with E-state index in [0.717, 1.165) is 4.68 Å². The Labute approximate surface area is 128 Å². The minimum atomic E-state index is -1.07. The molecule has 0 radical (unpaired) electrons. The Bertz CT molecular complexity index is 988. The molecule has 0 aliphatic carbocycles. The molecular formula is C14H12N4O5. The van der Waals surface area contributed by atoms with Gasteiger partial charge in [0, 0.05) is 5.39 Å². The number of rotatable bonds is 5. The molecule has 0 spiro atoms. The van der Waals surface area contributed by atoms with Crippen molar-refractivity contribution in [3.05, 3.63) is 34.7 Å². The van der Waals surface area contributed by atoms with Gasteiger partial charge in [-0.3, -0.25) is 9.59 Å². The van der Waals surface area contributed by atoms with Crippen LogP contribution in [0.4, 0.5) is 0 Å². The summed E-state index contributed by atoms with van der Waals surface area (Å²) in [6, 6.07) is 6.97. The van der Waals surface area contributed by atoms with E-state index in [1.54, 1.807) is 24.3 Å². The van der Waals surface area contributed by atoms with Gasteiger partial charge in [-0.05, 0) is 6.07 Å². The number of carboxylic acids is 2. The monoisotopic (exact) mass is 316 g/mol. The van der Waals surface area contributed by atoms with Gasteiger partial charge >= 0.3 is 17.6 Å². The lowest BCUT2D eigenvalue weighted by molar-refractivity contribution is -0.138. The zero-order valence-corrected chi connectivity index (χ0v) is 11.8. The van der Waals surface area contributed by atoms with Crippen LogP contribution in [0.3, 0.4) is 0 Å². The Hall–Kier alpha value is -3.23. The van der Waals surface area contributed by atoms with Crippen molar-refractivity contribution in [3.63, 3.8) is 0 Å². The SMILES string of the molecule is O=C(O)CCn1nc2c3ccccc3n(CC(=O)O)c2nc1=O. The Balaban J connectivity index is 2.26. The Morgan fingerprint density at radius 3 is 2.57 bits per heavy atom. The zero-order valence-electron chi connectivity index (χ0n) is 11.8. The van der Waals surface area contributed by atoms with Crippen LogP contribution < -0.4 is 5.69 Å². The predicted octanol–water partition coefficient (Wildman–Crippen LogP) is 0.305. The number of fused-ring (bicyclic) bond motifs is 3. The highest BCUT2D eigenvalue weighted by Crippen LogP contribution is 2.24. The van der Waals surface area contributed by atoms with Crippen LogP contribution in [0.15, 0.2) is 29.1 Å². The molecule has 2 N–H and O–H groups in total. The molecule has 0 amide bonds. The maximum Gasteiger partial charge on any atom is 0.366 e. The van der Waals surface area contributed by atoms with Crippen molar-refractivity contribution in [3.8, 4) is 0 Å². The number of aliphatic carboxylic acids is 2. The van der Waals surface area contributed by atoms with Crippen molar-refractivity contribution in [2.24, 2.45) is 0 Å². The van der Waals surface area contributed by atoms with E-state index >= 15 is 0 Å². The summed E-state index contributed by atoms with van der Waals surface area (Å²) in [7, 11) is 0. The average molecular weight is 316 g/mol. The Morgan fingerprint density at radius 1 is 1.13 bits per heavy atom. The fraction of sp³-hybridized carbons (Fsp3) is 0.214. The van der Waals surface area contributed by atoms with E-state index in [4.69, 9.17) is 10.2 Å². The highest BCUT2D eigenvalue weighted by atomic mass is 16.4. The normalized spacial score (nSPS) is 11.1. The average Bonchev–Trinajstić information content (AvgIpc) is 2.78. The molecule has 0 bridgehead atoms. The molecule has 0 fully saturated rings. The third kappa shape index (κ3) is 2.63. The summed E-state index contributed by atoms with van der Waals surface area (Å²) in [5.41, 5.74) is 0.422. The number of nitrogens with zero attached hydrogens (tertiary/aromatic N) is 4. The highest BCUT2D eigenvalue weighted by Gasteiger charge is 2.17. The topological polar surface area (TPSA) is 127 Å². The molecule has 0 aliphatic heterocycles. The van der Waals surface area contributed by atoms with Crippen LogP contribution in [0.25, 0.3) is 22.1 Å². The second-order valence-electron chi connectivity index (χ2n) is 4.93. The van der Waals surface area contributed by atoms with Crippen LogP contribution in [0, 0.1) is 0 Å². The summed E-state index contributed by atoms with van der Waals surface area (Å²) >= 11 is 0. The van der Waals surface area contributed by atoms with E-state index in [2.05, 4.69) is 10.1 Å². The first-order valence-electron chi connectivity index (χ1n) is 6.77. The van der Waals surface area contributed by atoms with Gasteiger partial charge < -0.3 is 14.8 Å². The molecule has 2 heterocycles. The predicted molar refractivity (Wildman–Crippen MR) is 79.2 cm³/mol. The van der Waals surface area contributed by atoms with Crippen LogP contribution in [0.5, 0.6) is 0 Å². The number of aromatic nitrogens is 4. The minimum Gasteiger partial charge on any atom is -0.481 e. The first-order chi connectivity index (χ1) is 11.0. The van der Waals surface area contributed by atoms with Gasteiger partial charge in [-0.2, -0.15) is 10.1 Å². The van der Waals surface area contributed by atoms with Crippen LogP contribution in [-0.2, 0) is 22.7 Å². The second kappa shape index (κ2) is 5.52. The maximum atomic E-state index is 12.0. The largest absolute Gasteiger partial charge is 0.481 e. The van der Waals surface area contributed by atoms with Gasteiger partial charge in [-0.15, -0.1) is 0 Å². The number of benzene rings is 1. The van der Waals surface area contributed by atoms with E-state index in [-0.39, 0.29) is 25.2 Å². The highest BCUT2D eigenvalue weighted by molar-refractivity contribution is 6.04. The molecule has 2 aromatic heterocycles. The summed E-state index contributed by atoms with van der Waals surface area (Å²) in [6.45, 7) is -0.452. The van der Waals surface area contributed by atoms with Crippen LogP contribution in [0.1, 0.15) is 6.42 Å². The molecule has 0 saturated heterocycles. The molecule has 3 aromatic rings. The third-order valence-electron chi connectivity index (χ3n) is 3.39. The van der Waals surface area contributed by atoms with Gasteiger partial charge in [0.1, 0.15) is 12.1 Å². The van der Waals surface area contributed by atoms with E-state index in [1.165, 1.54) is 4.57 Å². The summed E-state index contributed by atoms with van der Waals surface area (Å²) in [5.74, 6) is -2.11. The summed E-state index contributed by atoms with van der Waals surface area (Å²) < 4.78 is 2.39. The van der Waals surface area contributed by atoms with E-state index in [9.17, 15) is 14.4 Å². The number of carbonyl (C=O) groups is 2. The fourth-order valence-corrected chi connectivity index (χ4v) is 2.44. The standard InChI is InChI=1S/C14H12N4O5/c19-10(20)5-6-18-14(23)15-13-12(16-18)8-3-1-2-4-9(8)17(13)7-11(21)22/h1-4H,5-7H2,(H,19,20)(H,21,22). The van der Waals surface area contributed by atoms with Crippen LogP contribution in [0.2, 0.25) is 0 Å². The molecule has 23 heavy (non-hydrogen) atoms. The Kier molecular flexibility index (Phi) is 3.53. The molecule has 3 rings (SSSR count). The lowest BCUT2D eigenvalue weighted by Gasteiger charge is -2.03. The van der Waals surface area contributed by atoms with Gasteiger partial charge in [0.15, 0.2) is 5.65 Å². The van der Waals surface area contributed by atoms with E-state index < -0.39 is 17.6 Å². The quantitative estimate of drug-likeness (QED) is 0.693. The van der Waals surface area contributed by atoms with E-state index in [1.807, 2.05) is 0 Å². The lowest BCUT2D eigenvalue weighted by atomic mass is 10.2. The van der Waals surface area contributed by atoms with E-state index in [0.29, 0.717) is 16.4 Å². The lowest BCUT2D eigenvalue weighted by Crippen LogP contribution is -2.27. The molecule has 0 atom stereocenters. The smallest absolute Gasteiger partial charge is 0.366 e. The van der Waals surface area contributed by atoms with Crippen molar-refractivity contribution in [2.45, 2.75) is 19.5 Å². The van der Waals surface area contributed by atoms with Crippen LogP contribution in [-0.4, -0.2) is 41.5 Å². The number of hydrogen-bond acceptors (Lipinski definition) is 5. The van der Waals surface area contributed by atoms with Gasteiger partial charge in [0.25, 0.3) is 0 Å². The Morgan fingerprint density at radius 2 is 1.87 bits per heavy atom. The zero-order chi connectivity index (χ0) is 16.6. The molecule has 118 valence electrons. The van der Waals surface area contributed by atoms with Gasteiger partial charge in [-0.25, -0.2) is 9.48 Å². The maximum absolute atomic E-state index is 12.0. The summed E-state index contributed by atoms with van der Waals surface area (Å²) in [6.07, 6.45) is -0.256. The fourth-order valence-electron chi connectivity index (χ4n) is 2.44. The molecule has 1 aromatic carbocycles. The number of aryl methyl sites for hydroxylation is 1. The first kappa shape index (κ1) is 14.7. The minimum absolute atomic E-state index is 0.102. The molecule has 9 nitrogen and oxygen atoms in total. The molecule has 0 aliphatic rings. The molecule has 9 heteroatoms. The van der Waals surface area contributed by atoms with Crippen LogP contribution >= 0.6 is 0 Å². The molecule has 0 saturated carbocycles. The van der Waals surface area contributed by atoms with Gasteiger partial charge in [0.05, 0.1) is 18.5 Å². The molecule has 0 unspecified atom stereocenters. The van der Waals surface area contributed by atoms with Crippen molar-refractivity contribution in [1.82, 2.24) is 19.3 Å². The van der Waals surface area contributed by atoms with Crippen molar-refractivity contribution in [2.75, 3.05) is 0 Å². The second-order valence-corrected chi connectivity index (χ2v) is 4.93. The van der Waals surface area contributed by atoms with Crippen molar-refractivity contribution < 1.29 is 19.8 Å². The van der Waals surface area contributed by atoms with Crippen molar-refractivity contribution >= 4 is 34.0 Å². The summed E-state index contributed by atoms with van der Waals surface area (Å²) in [5, 5.41) is 22.6. The number of para-hydroxylation sites is 1. The van der Waals surface area contributed by atoms with Crippen molar-refractivity contribution in [1.29, 1.82) is 0 Å². The third-order valence-corrected chi connectivity index (χ3v) is 3.39. The number of carboxylic acid groups (broad SMARTS) is 2. The summed E-state index contributed by atoms with van der Waals surface area (Å²) in [4.78, 5) is 37.6. The van der Waals surface area contributed by atoms with Gasteiger partial charge in [0.2, 0.25) is 0 Å². The first-order valence-corrected chi connectivity index (χ1v) is 6.77. The van der Waals surface area contributed by atoms with Gasteiger partial charge in [-0.1, -0.05) is 18.2 Å². The number of hydrogen-bond donors (Lipinski definition) is 2.